The van der Waals surface area contributed by atoms with Crippen LogP contribution >= 0.6 is 0 Å². The molecular weight excluding hydrogens is 266 g/mol. The molecule has 0 saturated heterocycles. The minimum atomic E-state index is 0.710. The average molecular weight is 283 g/mol. The van der Waals surface area contributed by atoms with Crippen molar-refractivity contribution in [2.75, 3.05) is 7.11 Å². The zero-order valence-electron chi connectivity index (χ0n) is 12.1. The molecule has 21 heavy (non-hydrogen) atoms. The van der Waals surface area contributed by atoms with E-state index in [1.807, 2.05) is 39.6 Å². The number of hydrogen-bond donors (Lipinski definition) is 0. The van der Waals surface area contributed by atoms with Crippen LogP contribution in [-0.2, 0) is 13.1 Å². The molecule has 1 aromatic carbocycles. The summed E-state index contributed by atoms with van der Waals surface area (Å²) in [5.74, 6) is 1.68. The first-order valence-corrected chi connectivity index (χ1v) is 6.84. The molecular formula is C15H17N5O. The van der Waals surface area contributed by atoms with Gasteiger partial charge in [0.15, 0.2) is 5.82 Å². The van der Waals surface area contributed by atoms with Crippen LogP contribution in [0.3, 0.4) is 0 Å². The van der Waals surface area contributed by atoms with Gasteiger partial charge in [0.2, 0.25) is 0 Å². The highest BCUT2D eigenvalue weighted by Crippen LogP contribution is 2.18. The van der Waals surface area contributed by atoms with Crippen LogP contribution in [0.1, 0.15) is 12.5 Å². The van der Waals surface area contributed by atoms with Gasteiger partial charge in [-0.1, -0.05) is 12.1 Å². The smallest absolute Gasteiger partial charge is 0.182 e. The van der Waals surface area contributed by atoms with Crippen molar-refractivity contribution in [3.05, 3.63) is 48.4 Å². The van der Waals surface area contributed by atoms with Gasteiger partial charge in [-0.15, -0.1) is 10.2 Å². The Hall–Kier alpha value is -2.63. The number of aryl methyl sites for hydroxylation is 1. The normalized spacial score (nSPS) is 10.8. The second-order valence-electron chi connectivity index (χ2n) is 4.66. The monoisotopic (exact) mass is 283 g/mol. The fourth-order valence-electron chi connectivity index (χ4n) is 2.27. The summed E-state index contributed by atoms with van der Waals surface area (Å²) in [6.45, 7) is 3.57. The summed E-state index contributed by atoms with van der Waals surface area (Å²) < 4.78 is 9.10. The van der Waals surface area contributed by atoms with Crippen LogP contribution in [0.25, 0.3) is 11.5 Å². The quantitative estimate of drug-likeness (QED) is 0.720. The summed E-state index contributed by atoms with van der Waals surface area (Å²) in [5, 5.41) is 12.5. The fraction of sp³-hybridized carbons (Fsp3) is 0.267. The summed E-state index contributed by atoms with van der Waals surface area (Å²) in [4.78, 5) is 0. The minimum Gasteiger partial charge on any atom is -0.497 e. The van der Waals surface area contributed by atoms with E-state index in [-0.39, 0.29) is 0 Å². The Balaban J connectivity index is 1.88. The van der Waals surface area contributed by atoms with Crippen molar-refractivity contribution in [3.63, 3.8) is 0 Å². The molecule has 2 aromatic heterocycles. The van der Waals surface area contributed by atoms with Gasteiger partial charge in [-0.25, -0.2) is 0 Å². The molecule has 0 saturated carbocycles. The lowest BCUT2D eigenvalue weighted by atomic mass is 10.2. The summed E-state index contributed by atoms with van der Waals surface area (Å²) >= 11 is 0. The van der Waals surface area contributed by atoms with E-state index < -0.39 is 0 Å². The third kappa shape index (κ3) is 2.65. The summed E-state index contributed by atoms with van der Waals surface area (Å²) in [6.07, 6.45) is 3.53. The maximum absolute atomic E-state index is 5.17. The molecule has 108 valence electrons. The van der Waals surface area contributed by atoms with E-state index in [1.54, 1.807) is 19.6 Å². The highest BCUT2D eigenvalue weighted by molar-refractivity contribution is 5.49. The molecule has 0 amide bonds. The van der Waals surface area contributed by atoms with Crippen molar-refractivity contribution in [1.82, 2.24) is 24.5 Å². The van der Waals surface area contributed by atoms with Crippen LogP contribution in [0.15, 0.2) is 42.9 Å². The van der Waals surface area contributed by atoms with Crippen LogP contribution in [0.4, 0.5) is 0 Å². The number of rotatable bonds is 5. The number of aromatic nitrogens is 5. The molecule has 3 aromatic rings. The maximum Gasteiger partial charge on any atom is 0.182 e. The number of methoxy groups -OCH3 is 1. The van der Waals surface area contributed by atoms with Gasteiger partial charge in [0.1, 0.15) is 17.8 Å². The molecule has 0 spiro atoms. The van der Waals surface area contributed by atoms with Gasteiger partial charge in [-0.2, -0.15) is 5.10 Å². The second kappa shape index (κ2) is 5.78. The molecule has 0 radical (unpaired) electrons. The van der Waals surface area contributed by atoms with Gasteiger partial charge in [-0.3, -0.25) is 4.68 Å². The van der Waals surface area contributed by atoms with Gasteiger partial charge in [0.05, 0.1) is 13.7 Å². The van der Waals surface area contributed by atoms with Crippen molar-refractivity contribution in [3.8, 4) is 17.3 Å². The summed E-state index contributed by atoms with van der Waals surface area (Å²) in [7, 11) is 1.67. The van der Waals surface area contributed by atoms with E-state index >= 15 is 0 Å². The first kappa shape index (κ1) is 13.4. The van der Waals surface area contributed by atoms with Crippen molar-refractivity contribution < 1.29 is 4.74 Å². The number of hydrogen-bond acceptors (Lipinski definition) is 4. The second-order valence-corrected chi connectivity index (χ2v) is 4.66. The molecule has 6 heteroatoms. The van der Waals surface area contributed by atoms with Gasteiger partial charge >= 0.3 is 0 Å². The molecule has 0 atom stereocenters. The van der Waals surface area contributed by atoms with E-state index in [0.717, 1.165) is 23.8 Å². The largest absolute Gasteiger partial charge is 0.497 e. The molecule has 6 nitrogen and oxygen atoms in total. The van der Waals surface area contributed by atoms with E-state index in [9.17, 15) is 0 Å². The Morgan fingerprint density at radius 2 is 1.95 bits per heavy atom. The predicted molar refractivity (Wildman–Crippen MR) is 79.0 cm³/mol. The van der Waals surface area contributed by atoms with Gasteiger partial charge in [0, 0.05) is 12.7 Å². The highest BCUT2D eigenvalue weighted by Gasteiger charge is 2.12. The number of benzene rings is 1. The van der Waals surface area contributed by atoms with Crippen LogP contribution in [-0.4, -0.2) is 31.7 Å². The minimum absolute atomic E-state index is 0.710. The third-order valence-electron chi connectivity index (χ3n) is 3.37. The number of nitrogens with zero attached hydrogens (tertiary/aromatic N) is 5. The molecule has 3 rings (SSSR count). The van der Waals surface area contributed by atoms with Crippen molar-refractivity contribution >= 4 is 0 Å². The molecule has 0 aliphatic heterocycles. The lowest BCUT2D eigenvalue weighted by Gasteiger charge is -2.08. The summed E-state index contributed by atoms with van der Waals surface area (Å²) in [5.41, 5.74) is 2.14. The Morgan fingerprint density at radius 3 is 2.67 bits per heavy atom. The maximum atomic E-state index is 5.17. The topological polar surface area (TPSA) is 57.8 Å². The van der Waals surface area contributed by atoms with E-state index in [4.69, 9.17) is 4.74 Å². The van der Waals surface area contributed by atoms with Crippen molar-refractivity contribution in [2.24, 2.45) is 0 Å². The molecule has 0 aliphatic carbocycles. The lowest BCUT2D eigenvalue weighted by Crippen LogP contribution is -2.06. The molecule has 2 heterocycles. The van der Waals surface area contributed by atoms with Crippen LogP contribution in [0.2, 0.25) is 0 Å². The SMILES string of the molecule is CCn1nccc1-c1nncn1Cc1ccc(OC)cc1. The van der Waals surface area contributed by atoms with Crippen LogP contribution in [0, 0.1) is 0 Å². The van der Waals surface area contributed by atoms with Gasteiger partial charge in [-0.05, 0) is 30.7 Å². The Kier molecular flexibility index (Phi) is 3.68. The van der Waals surface area contributed by atoms with Crippen LogP contribution < -0.4 is 4.74 Å². The average Bonchev–Trinajstić information content (AvgIpc) is 3.16. The Morgan fingerprint density at radius 1 is 1.14 bits per heavy atom. The van der Waals surface area contributed by atoms with Gasteiger partial charge < -0.3 is 9.30 Å². The van der Waals surface area contributed by atoms with Gasteiger partial charge in [0.25, 0.3) is 0 Å². The predicted octanol–water partition coefficient (Wildman–Crippen LogP) is 2.22. The molecule has 0 bridgehead atoms. The molecule has 0 N–H and O–H groups in total. The lowest BCUT2D eigenvalue weighted by molar-refractivity contribution is 0.414. The third-order valence-corrected chi connectivity index (χ3v) is 3.37. The molecule has 0 unspecified atom stereocenters. The Labute approximate surface area is 123 Å². The van der Waals surface area contributed by atoms with E-state index in [2.05, 4.69) is 22.2 Å². The summed E-state index contributed by atoms with van der Waals surface area (Å²) in [6, 6.07) is 9.95. The zero-order chi connectivity index (χ0) is 14.7. The van der Waals surface area contributed by atoms with E-state index in [0.29, 0.717) is 6.54 Å². The number of ether oxygens (including phenoxy) is 1. The molecule has 0 aliphatic rings. The Bertz CT molecular complexity index is 714. The first-order valence-electron chi connectivity index (χ1n) is 6.84. The van der Waals surface area contributed by atoms with E-state index in [1.165, 1.54) is 5.56 Å². The standard InChI is InChI=1S/C15H17N5O/c1-3-20-14(8-9-17-20)15-18-16-11-19(15)10-12-4-6-13(21-2)7-5-12/h4-9,11H,3,10H2,1-2H3. The van der Waals surface area contributed by atoms with Crippen molar-refractivity contribution in [1.29, 1.82) is 0 Å². The highest BCUT2D eigenvalue weighted by atomic mass is 16.5. The van der Waals surface area contributed by atoms with Crippen LogP contribution in [0.5, 0.6) is 5.75 Å². The first-order chi connectivity index (χ1) is 10.3. The fourth-order valence-corrected chi connectivity index (χ4v) is 2.27. The zero-order valence-corrected chi connectivity index (χ0v) is 12.1. The molecule has 0 fully saturated rings. The van der Waals surface area contributed by atoms with Crippen molar-refractivity contribution in [2.45, 2.75) is 20.0 Å².